The highest BCUT2D eigenvalue weighted by molar-refractivity contribution is 9.10. The van der Waals surface area contributed by atoms with Crippen molar-refractivity contribution in [3.63, 3.8) is 0 Å². The van der Waals surface area contributed by atoms with Gasteiger partial charge in [0.1, 0.15) is 0 Å². The Labute approximate surface area is 127 Å². The average Bonchev–Trinajstić information content (AvgIpc) is 2.37. The van der Waals surface area contributed by atoms with Crippen molar-refractivity contribution in [1.82, 2.24) is 5.32 Å². The van der Waals surface area contributed by atoms with Gasteiger partial charge in [-0.05, 0) is 49.4 Å². The smallest absolute Gasteiger partial charge is 0.0207 e. The lowest BCUT2D eigenvalue weighted by Crippen LogP contribution is -2.27. The lowest BCUT2D eigenvalue weighted by Gasteiger charge is -2.19. The van der Waals surface area contributed by atoms with E-state index in [9.17, 15) is 0 Å². The Hall–Kier alpha value is -0.340. The minimum absolute atomic E-state index is 0.732. The van der Waals surface area contributed by atoms with Crippen LogP contribution in [-0.2, 0) is 6.42 Å². The summed E-state index contributed by atoms with van der Waals surface area (Å²) in [5, 5.41) is 3.62. The van der Waals surface area contributed by atoms with Crippen molar-refractivity contribution in [3.05, 3.63) is 34.3 Å². The Morgan fingerprint density at radius 1 is 1.16 bits per heavy atom. The molecule has 0 aliphatic carbocycles. The standard InChI is InChI=1S/C17H28BrN/c1-4-5-8-15(13-19-12-14(2)3)11-16-9-6-7-10-17(16)18/h6-7,9-10,14-15,19H,4-5,8,11-13H2,1-3H3. The molecule has 1 aromatic rings. The molecule has 0 saturated heterocycles. The maximum absolute atomic E-state index is 3.66. The molecule has 0 amide bonds. The molecule has 0 aliphatic heterocycles. The first-order chi connectivity index (χ1) is 9.13. The van der Waals surface area contributed by atoms with Gasteiger partial charge in [-0.3, -0.25) is 0 Å². The molecule has 1 unspecified atom stereocenters. The summed E-state index contributed by atoms with van der Waals surface area (Å²) in [6.07, 6.45) is 5.12. The summed E-state index contributed by atoms with van der Waals surface area (Å²) in [7, 11) is 0. The highest BCUT2D eigenvalue weighted by atomic mass is 79.9. The zero-order chi connectivity index (χ0) is 14.1. The van der Waals surface area contributed by atoms with Gasteiger partial charge in [-0.1, -0.05) is 67.7 Å². The number of hydrogen-bond acceptors (Lipinski definition) is 1. The fourth-order valence-corrected chi connectivity index (χ4v) is 2.77. The molecule has 0 fully saturated rings. The fraction of sp³-hybridized carbons (Fsp3) is 0.647. The van der Waals surface area contributed by atoms with Crippen LogP contribution in [0.4, 0.5) is 0 Å². The van der Waals surface area contributed by atoms with Crippen molar-refractivity contribution in [2.24, 2.45) is 11.8 Å². The lowest BCUT2D eigenvalue weighted by molar-refractivity contribution is 0.413. The van der Waals surface area contributed by atoms with E-state index in [1.807, 2.05) is 0 Å². The molecule has 0 saturated carbocycles. The van der Waals surface area contributed by atoms with Crippen LogP contribution < -0.4 is 5.32 Å². The van der Waals surface area contributed by atoms with Gasteiger partial charge in [-0.15, -0.1) is 0 Å². The van der Waals surface area contributed by atoms with Crippen LogP contribution in [0.3, 0.4) is 0 Å². The molecular weight excluding hydrogens is 298 g/mol. The van der Waals surface area contributed by atoms with Crippen molar-refractivity contribution < 1.29 is 0 Å². The largest absolute Gasteiger partial charge is 0.316 e. The van der Waals surface area contributed by atoms with E-state index in [4.69, 9.17) is 0 Å². The van der Waals surface area contributed by atoms with E-state index in [2.05, 4.69) is 66.3 Å². The molecule has 1 aromatic carbocycles. The summed E-state index contributed by atoms with van der Waals surface area (Å²) in [5.41, 5.74) is 1.44. The van der Waals surface area contributed by atoms with Gasteiger partial charge in [0.05, 0.1) is 0 Å². The Bertz CT molecular complexity index is 349. The van der Waals surface area contributed by atoms with Crippen molar-refractivity contribution in [2.45, 2.75) is 46.5 Å². The van der Waals surface area contributed by atoms with Crippen molar-refractivity contribution >= 4 is 15.9 Å². The van der Waals surface area contributed by atoms with E-state index in [-0.39, 0.29) is 0 Å². The molecule has 0 aromatic heterocycles. The number of benzene rings is 1. The van der Waals surface area contributed by atoms with Gasteiger partial charge in [-0.2, -0.15) is 0 Å². The van der Waals surface area contributed by atoms with E-state index >= 15 is 0 Å². The number of rotatable bonds is 9. The summed E-state index contributed by atoms with van der Waals surface area (Å²) >= 11 is 3.66. The van der Waals surface area contributed by atoms with E-state index < -0.39 is 0 Å². The summed E-state index contributed by atoms with van der Waals surface area (Å²) in [6, 6.07) is 8.61. The normalized spacial score (nSPS) is 12.9. The van der Waals surface area contributed by atoms with Crippen LogP contribution in [0.25, 0.3) is 0 Å². The lowest BCUT2D eigenvalue weighted by atomic mass is 9.94. The first-order valence-electron chi connectivity index (χ1n) is 7.57. The summed E-state index contributed by atoms with van der Waals surface area (Å²) in [4.78, 5) is 0. The van der Waals surface area contributed by atoms with E-state index in [0.717, 1.165) is 24.9 Å². The third kappa shape index (κ3) is 7.12. The van der Waals surface area contributed by atoms with E-state index in [1.54, 1.807) is 0 Å². The number of halogens is 1. The van der Waals surface area contributed by atoms with Crippen LogP contribution in [0.2, 0.25) is 0 Å². The second kappa shape index (κ2) is 9.55. The molecule has 1 N–H and O–H groups in total. The van der Waals surface area contributed by atoms with Crippen LogP contribution in [-0.4, -0.2) is 13.1 Å². The van der Waals surface area contributed by atoms with E-state index in [1.165, 1.54) is 35.7 Å². The number of nitrogens with one attached hydrogen (secondary N) is 1. The Kier molecular flexibility index (Phi) is 8.40. The number of hydrogen-bond donors (Lipinski definition) is 1. The zero-order valence-electron chi connectivity index (χ0n) is 12.6. The van der Waals surface area contributed by atoms with Crippen LogP contribution in [0, 0.1) is 11.8 Å². The molecular formula is C17H28BrN. The van der Waals surface area contributed by atoms with Gasteiger partial charge in [0, 0.05) is 4.47 Å². The molecule has 0 radical (unpaired) electrons. The molecule has 1 atom stereocenters. The van der Waals surface area contributed by atoms with Gasteiger partial charge < -0.3 is 5.32 Å². The van der Waals surface area contributed by atoms with Crippen LogP contribution in [0.5, 0.6) is 0 Å². The third-order valence-corrected chi connectivity index (χ3v) is 4.19. The van der Waals surface area contributed by atoms with Gasteiger partial charge in [0.25, 0.3) is 0 Å². The summed E-state index contributed by atoms with van der Waals surface area (Å²) < 4.78 is 1.25. The minimum Gasteiger partial charge on any atom is -0.316 e. The zero-order valence-corrected chi connectivity index (χ0v) is 14.2. The topological polar surface area (TPSA) is 12.0 Å². The molecule has 1 rings (SSSR count). The van der Waals surface area contributed by atoms with Gasteiger partial charge in [-0.25, -0.2) is 0 Å². The SMILES string of the molecule is CCCCC(CNCC(C)C)Cc1ccccc1Br. The molecule has 0 aliphatic rings. The van der Waals surface area contributed by atoms with Crippen LogP contribution in [0.15, 0.2) is 28.7 Å². The highest BCUT2D eigenvalue weighted by Gasteiger charge is 2.11. The highest BCUT2D eigenvalue weighted by Crippen LogP contribution is 2.21. The molecule has 0 bridgehead atoms. The minimum atomic E-state index is 0.732. The Balaban J connectivity index is 2.51. The first-order valence-corrected chi connectivity index (χ1v) is 8.36. The quantitative estimate of drug-likeness (QED) is 0.670. The third-order valence-electron chi connectivity index (χ3n) is 3.42. The molecule has 0 spiro atoms. The van der Waals surface area contributed by atoms with Crippen molar-refractivity contribution in [2.75, 3.05) is 13.1 Å². The first kappa shape index (κ1) is 16.7. The van der Waals surface area contributed by atoms with Crippen molar-refractivity contribution in [1.29, 1.82) is 0 Å². The molecule has 2 heteroatoms. The Morgan fingerprint density at radius 3 is 2.53 bits per heavy atom. The predicted octanol–water partition coefficient (Wildman–Crippen LogP) is 5.04. The summed E-state index contributed by atoms with van der Waals surface area (Å²) in [5.74, 6) is 1.48. The van der Waals surface area contributed by atoms with Gasteiger partial charge in [0.15, 0.2) is 0 Å². The monoisotopic (exact) mass is 325 g/mol. The Morgan fingerprint density at radius 2 is 1.89 bits per heavy atom. The van der Waals surface area contributed by atoms with Gasteiger partial charge >= 0.3 is 0 Å². The maximum atomic E-state index is 3.66. The van der Waals surface area contributed by atoms with Crippen LogP contribution in [0.1, 0.15) is 45.6 Å². The molecule has 1 nitrogen and oxygen atoms in total. The molecule has 0 heterocycles. The molecule has 19 heavy (non-hydrogen) atoms. The average molecular weight is 326 g/mol. The maximum Gasteiger partial charge on any atom is 0.0207 e. The molecule has 108 valence electrons. The van der Waals surface area contributed by atoms with E-state index in [0.29, 0.717) is 0 Å². The predicted molar refractivity (Wildman–Crippen MR) is 88.6 cm³/mol. The number of unbranched alkanes of at least 4 members (excludes halogenated alkanes) is 1. The fourth-order valence-electron chi connectivity index (χ4n) is 2.32. The second-order valence-corrected chi connectivity index (χ2v) is 6.71. The van der Waals surface area contributed by atoms with Gasteiger partial charge in [0.2, 0.25) is 0 Å². The second-order valence-electron chi connectivity index (χ2n) is 5.86. The van der Waals surface area contributed by atoms with Crippen molar-refractivity contribution in [3.8, 4) is 0 Å². The summed E-state index contributed by atoms with van der Waals surface area (Å²) in [6.45, 7) is 9.07. The van der Waals surface area contributed by atoms with Crippen LogP contribution >= 0.6 is 15.9 Å².